The van der Waals surface area contributed by atoms with Crippen molar-refractivity contribution in [3.05, 3.63) is 45.4 Å². The molecular weight excluding hydrogens is 291 g/mol. The summed E-state index contributed by atoms with van der Waals surface area (Å²) >= 11 is 5.79. The summed E-state index contributed by atoms with van der Waals surface area (Å²) in [5, 5.41) is 0.626. The predicted molar refractivity (Wildman–Crippen MR) is 75.6 cm³/mol. The fraction of sp³-hybridized carbons (Fsp3) is 0.273. The minimum absolute atomic E-state index is 0.0308. The highest BCUT2D eigenvalue weighted by Crippen LogP contribution is 2.28. The predicted octanol–water partition coefficient (Wildman–Crippen LogP) is 2.41. The molecule has 2 unspecified atom stereocenters. The van der Waals surface area contributed by atoms with Crippen molar-refractivity contribution >= 4 is 30.1 Å². The van der Waals surface area contributed by atoms with E-state index >= 15 is 0 Å². The molecule has 0 aliphatic heterocycles. The molecule has 7 heteroatoms. The van der Waals surface area contributed by atoms with E-state index in [9.17, 15) is 9.00 Å². The third kappa shape index (κ3) is 2.74. The van der Waals surface area contributed by atoms with Gasteiger partial charge in [-0.05, 0) is 24.3 Å². The van der Waals surface area contributed by atoms with Gasteiger partial charge in [0.05, 0.1) is 7.05 Å². The topological polar surface area (TPSA) is 44.0 Å². The van der Waals surface area contributed by atoms with Crippen LogP contribution in [0.5, 0.6) is 0 Å². The lowest BCUT2D eigenvalue weighted by Gasteiger charge is -1.98. The molecule has 1 aromatic carbocycles. The molecule has 0 radical (unpaired) electrons. The van der Waals surface area contributed by atoms with E-state index in [1.807, 2.05) is 11.5 Å². The fourth-order valence-corrected chi connectivity index (χ4v) is 5.62. The summed E-state index contributed by atoms with van der Waals surface area (Å²) in [4.78, 5) is 12.2. The van der Waals surface area contributed by atoms with Gasteiger partial charge in [-0.15, -0.1) is 4.44 Å². The Bertz CT molecular complexity index is 648. The average Bonchev–Trinajstić information content (AvgIpc) is 2.58. The summed E-state index contributed by atoms with van der Waals surface area (Å²) in [6.07, 6.45) is 0. The van der Waals surface area contributed by atoms with Gasteiger partial charge in [0.1, 0.15) is 10.8 Å². The van der Waals surface area contributed by atoms with E-state index in [0.717, 1.165) is 4.90 Å². The van der Waals surface area contributed by atoms with Gasteiger partial charge in [0, 0.05) is 17.0 Å². The van der Waals surface area contributed by atoms with E-state index in [4.69, 9.17) is 11.6 Å². The number of hydrogen-bond donors (Lipinski definition) is 0. The Morgan fingerprint density at radius 3 is 2.39 bits per heavy atom. The molecular formula is C11H13ClN2O2PS+. The molecule has 0 N–H and O–H groups in total. The van der Waals surface area contributed by atoms with E-state index in [1.165, 1.54) is 0 Å². The number of aromatic nitrogens is 2. The molecule has 1 aromatic heterocycles. The zero-order chi connectivity index (χ0) is 13.3. The van der Waals surface area contributed by atoms with Crippen molar-refractivity contribution in [3.8, 4) is 0 Å². The van der Waals surface area contributed by atoms with Gasteiger partial charge < -0.3 is 0 Å². The van der Waals surface area contributed by atoms with Gasteiger partial charge in [-0.2, -0.15) is 0 Å². The van der Waals surface area contributed by atoms with Crippen molar-refractivity contribution in [1.29, 1.82) is 0 Å². The summed E-state index contributed by atoms with van der Waals surface area (Å²) in [7, 11) is 1.64. The lowest BCUT2D eigenvalue weighted by atomic mass is 10.4. The Morgan fingerprint density at radius 1 is 1.28 bits per heavy atom. The quantitative estimate of drug-likeness (QED) is 0.874. The molecule has 18 heavy (non-hydrogen) atoms. The minimum Gasteiger partial charge on any atom is -0.263 e. The van der Waals surface area contributed by atoms with Crippen LogP contribution in [0.4, 0.5) is 0 Å². The van der Waals surface area contributed by atoms with Gasteiger partial charge in [-0.1, -0.05) is 11.6 Å². The number of rotatable bonds is 3. The van der Waals surface area contributed by atoms with E-state index in [0.29, 0.717) is 10.5 Å². The van der Waals surface area contributed by atoms with Crippen LogP contribution in [0.15, 0.2) is 39.8 Å². The van der Waals surface area contributed by atoms with Gasteiger partial charge in [0.2, 0.25) is 19.0 Å². The summed E-state index contributed by atoms with van der Waals surface area (Å²) in [6.45, 7) is 0. The monoisotopic (exact) mass is 303 g/mol. The van der Waals surface area contributed by atoms with Crippen molar-refractivity contribution in [2.75, 3.05) is 0 Å². The van der Waals surface area contributed by atoms with Crippen LogP contribution in [-0.4, -0.2) is 13.3 Å². The average molecular weight is 304 g/mol. The Balaban J connectivity index is 2.24. The first kappa shape index (κ1) is 13.5. The standard InChI is InChI=1S/C11H13ClN2O2PS/c1-13-11(15)7-17(14(13)2)8-18(16)10-5-3-9(12)4-6-10/h3-7H,8H2,1-2H3/q+1. The Labute approximate surface area is 113 Å². The molecule has 0 amide bonds. The molecule has 0 saturated carbocycles. The van der Waals surface area contributed by atoms with Crippen molar-refractivity contribution in [3.63, 3.8) is 0 Å². The normalized spacial score (nSPS) is 13.6. The van der Waals surface area contributed by atoms with Crippen LogP contribution in [0.2, 0.25) is 5.02 Å². The number of nitrogens with zero attached hydrogens (tertiary/aromatic N) is 2. The first-order chi connectivity index (χ1) is 8.49. The van der Waals surface area contributed by atoms with Gasteiger partial charge in [0.25, 0.3) is 0 Å². The second-order valence-electron chi connectivity index (χ2n) is 3.85. The highest BCUT2D eigenvalue weighted by atomic mass is 35.5. The summed E-state index contributed by atoms with van der Waals surface area (Å²) in [6, 6.07) is 6.97. The Hall–Kier alpha value is -0.900. The first-order valence-corrected chi connectivity index (χ1v) is 8.50. The van der Waals surface area contributed by atoms with Crippen LogP contribution < -0.4 is 5.56 Å². The van der Waals surface area contributed by atoms with Gasteiger partial charge in [-0.25, -0.2) is 8.89 Å². The number of benzene rings is 1. The molecule has 2 rings (SSSR count). The minimum atomic E-state index is -1.11. The fourth-order valence-electron chi connectivity index (χ4n) is 1.51. The molecule has 2 aromatic rings. The largest absolute Gasteiger partial charge is 0.312 e. The van der Waals surface area contributed by atoms with Crippen LogP contribution in [0.25, 0.3) is 0 Å². The van der Waals surface area contributed by atoms with Crippen molar-refractivity contribution in [2.24, 2.45) is 14.1 Å². The first-order valence-electron chi connectivity index (χ1n) is 5.26. The van der Waals surface area contributed by atoms with Crippen molar-refractivity contribution < 1.29 is 4.21 Å². The molecule has 96 valence electrons. The third-order valence-corrected chi connectivity index (χ3v) is 7.29. The van der Waals surface area contributed by atoms with Crippen LogP contribution >= 0.6 is 19.3 Å². The molecule has 0 aliphatic carbocycles. The molecule has 0 saturated heterocycles. The number of halogens is 1. The van der Waals surface area contributed by atoms with Gasteiger partial charge in [-0.3, -0.25) is 4.79 Å². The molecule has 2 atom stereocenters. The Kier molecular flexibility index (Phi) is 4.05. The van der Waals surface area contributed by atoms with Crippen molar-refractivity contribution in [1.82, 2.24) is 9.13 Å². The van der Waals surface area contributed by atoms with E-state index in [-0.39, 0.29) is 5.56 Å². The zero-order valence-corrected chi connectivity index (χ0v) is 12.5. The maximum Gasteiger partial charge on any atom is 0.312 e. The molecule has 4 nitrogen and oxygen atoms in total. The highest BCUT2D eigenvalue weighted by molar-refractivity contribution is 7.89. The summed E-state index contributed by atoms with van der Waals surface area (Å²) < 4.78 is 15.6. The maximum atomic E-state index is 12.2. The van der Waals surface area contributed by atoms with Crippen LogP contribution in [0.3, 0.4) is 0 Å². The van der Waals surface area contributed by atoms with Crippen LogP contribution in [0.1, 0.15) is 0 Å². The lowest BCUT2D eigenvalue weighted by Crippen LogP contribution is -2.15. The van der Waals surface area contributed by atoms with Crippen LogP contribution in [-0.2, 0) is 30.4 Å². The smallest absolute Gasteiger partial charge is 0.263 e. The molecule has 0 fully saturated rings. The van der Waals surface area contributed by atoms with Gasteiger partial charge in [0.15, 0.2) is 0 Å². The van der Waals surface area contributed by atoms with E-state index in [1.54, 1.807) is 41.8 Å². The van der Waals surface area contributed by atoms with Crippen molar-refractivity contribution in [2.45, 2.75) is 10.4 Å². The molecule has 1 heterocycles. The SMILES string of the molecule is Cn1c(=O)c[p+](CS(=O)c2ccc(Cl)cc2)n1C. The van der Waals surface area contributed by atoms with Crippen LogP contribution in [0, 0.1) is 0 Å². The molecule has 0 aliphatic rings. The number of hydrogen-bond acceptors (Lipinski definition) is 2. The van der Waals surface area contributed by atoms with Gasteiger partial charge >= 0.3 is 5.56 Å². The molecule has 0 bridgehead atoms. The second-order valence-corrected chi connectivity index (χ2v) is 8.20. The van der Waals surface area contributed by atoms with E-state index < -0.39 is 18.5 Å². The maximum absolute atomic E-state index is 12.2. The molecule has 0 spiro atoms. The summed E-state index contributed by atoms with van der Waals surface area (Å²) in [5.74, 6) is 1.66. The second kappa shape index (κ2) is 5.39. The highest BCUT2D eigenvalue weighted by Gasteiger charge is 2.20. The summed E-state index contributed by atoms with van der Waals surface area (Å²) in [5.41, 5.74) is 0.431. The van der Waals surface area contributed by atoms with E-state index in [2.05, 4.69) is 0 Å². The Morgan fingerprint density at radius 2 is 1.89 bits per heavy atom. The lowest BCUT2D eigenvalue weighted by molar-refractivity contribution is 0.615. The zero-order valence-electron chi connectivity index (χ0n) is 10.0. The third-order valence-electron chi connectivity index (χ3n) is 2.71.